The summed E-state index contributed by atoms with van der Waals surface area (Å²) in [5, 5.41) is 2.71. The fraction of sp³-hybridized carbons (Fsp3) is 0.125. The monoisotopic (exact) mass is 416 g/mol. The SMILES string of the molecule is O=C1CN(C(=O)COC(=O)c2ccc(OCc3ccccc3)cc2)c2ccccc2N1. The highest BCUT2D eigenvalue weighted by Gasteiger charge is 2.27. The Hall–Kier alpha value is -4.13. The second-order valence-electron chi connectivity index (χ2n) is 6.92. The highest BCUT2D eigenvalue weighted by atomic mass is 16.5. The van der Waals surface area contributed by atoms with Gasteiger partial charge >= 0.3 is 5.97 Å². The van der Waals surface area contributed by atoms with Crippen molar-refractivity contribution in [2.24, 2.45) is 0 Å². The number of anilines is 2. The number of carbonyl (C=O) groups is 3. The lowest BCUT2D eigenvalue weighted by atomic mass is 10.2. The van der Waals surface area contributed by atoms with Gasteiger partial charge in [-0.3, -0.25) is 14.5 Å². The van der Waals surface area contributed by atoms with Gasteiger partial charge in [0.15, 0.2) is 6.61 Å². The van der Waals surface area contributed by atoms with Crippen molar-refractivity contribution in [1.82, 2.24) is 0 Å². The molecular weight excluding hydrogens is 396 g/mol. The number of hydrogen-bond acceptors (Lipinski definition) is 5. The van der Waals surface area contributed by atoms with Gasteiger partial charge in [0.05, 0.1) is 16.9 Å². The fourth-order valence-electron chi connectivity index (χ4n) is 3.17. The number of carbonyl (C=O) groups excluding carboxylic acids is 3. The summed E-state index contributed by atoms with van der Waals surface area (Å²) in [5.74, 6) is -0.784. The smallest absolute Gasteiger partial charge is 0.338 e. The Morgan fingerprint density at radius 1 is 0.903 bits per heavy atom. The Labute approximate surface area is 179 Å². The lowest BCUT2D eigenvalue weighted by molar-refractivity contribution is -0.124. The van der Waals surface area contributed by atoms with Gasteiger partial charge < -0.3 is 14.8 Å². The third kappa shape index (κ3) is 4.90. The minimum absolute atomic E-state index is 0.124. The topological polar surface area (TPSA) is 84.9 Å². The van der Waals surface area contributed by atoms with Crippen LogP contribution < -0.4 is 15.0 Å². The Bertz CT molecular complexity index is 1100. The van der Waals surface area contributed by atoms with E-state index in [2.05, 4.69) is 5.32 Å². The third-order valence-electron chi connectivity index (χ3n) is 4.74. The number of fused-ring (bicyclic) bond motifs is 1. The van der Waals surface area contributed by atoms with Crippen molar-refractivity contribution in [1.29, 1.82) is 0 Å². The molecule has 1 N–H and O–H groups in total. The van der Waals surface area contributed by atoms with Crippen LogP contribution in [0.5, 0.6) is 5.75 Å². The fourth-order valence-corrected chi connectivity index (χ4v) is 3.17. The van der Waals surface area contributed by atoms with E-state index >= 15 is 0 Å². The van der Waals surface area contributed by atoms with E-state index in [-0.39, 0.29) is 12.5 Å². The van der Waals surface area contributed by atoms with E-state index in [0.717, 1.165) is 5.56 Å². The zero-order valence-electron chi connectivity index (χ0n) is 16.6. The molecule has 0 fully saturated rings. The van der Waals surface area contributed by atoms with E-state index in [9.17, 15) is 14.4 Å². The average molecular weight is 416 g/mol. The Balaban J connectivity index is 1.32. The molecule has 3 aromatic rings. The Kier molecular flexibility index (Phi) is 5.93. The molecule has 0 aromatic heterocycles. The van der Waals surface area contributed by atoms with Crippen LogP contribution in [0.25, 0.3) is 0 Å². The van der Waals surface area contributed by atoms with Gasteiger partial charge in [0, 0.05) is 0 Å². The first kappa shape index (κ1) is 20.2. The lowest BCUT2D eigenvalue weighted by Gasteiger charge is -2.28. The van der Waals surface area contributed by atoms with Crippen molar-refractivity contribution >= 4 is 29.2 Å². The van der Waals surface area contributed by atoms with Crippen LogP contribution in [0.3, 0.4) is 0 Å². The van der Waals surface area contributed by atoms with Gasteiger partial charge in [-0.05, 0) is 42.0 Å². The molecule has 0 saturated carbocycles. The van der Waals surface area contributed by atoms with E-state index < -0.39 is 18.5 Å². The minimum atomic E-state index is -0.627. The largest absolute Gasteiger partial charge is 0.489 e. The second kappa shape index (κ2) is 9.13. The summed E-state index contributed by atoms with van der Waals surface area (Å²) >= 11 is 0. The van der Waals surface area contributed by atoms with Crippen molar-refractivity contribution in [3.05, 3.63) is 90.0 Å². The Morgan fingerprint density at radius 3 is 2.39 bits per heavy atom. The number of ether oxygens (including phenoxy) is 2. The quantitative estimate of drug-likeness (QED) is 0.623. The maximum Gasteiger partial charge on any atom is 0.338 e. The molecule has 1 heterocycles. The highest BCUT2D eigenvalue weighted by Crippen LogP contribution is 2.28. The molecule has 7 heteroatoms. The van der Waals surface area contributed by atoms with Crippen molar-refractivity contribution in [2.45, 2.75) is 6.61 Å². The van der Waals surface area contributed by atoms with E-state index in [0.29, 0.717) is 29.3 Å². The van der Waals surface area contributed by atoms with Crippen LogP contribution in [-0.4, -0.2) is 30.9 Å². The molecule has 1 aliphatic heterocycles. The first-order chi connectivity index (χ1) is 15.1. The van der Waals surface area contributed by atoms with Crippen molar-refractivity contribution < 1.29 is 23.9 Å². The molecule has 3 aromatic carbocycles. The van der Waals surface area contributed by atoms with E-state index in [1.54, 1.807) is 48.5 Å². The third-order valence-corrected chi connectivity index (χ3v) is 4.74. The van der Waals surface area contributed by atoms with Gasteiger partial charge in [0.1, 0.15) is 18.9 Å². The summed E-state index contributed by atoms with van der Waals surface area (Å²) in [6.45, 7) is -0.169. The highest BCUT2D eigenvalue weighted by molar-refractivity contribution is 6.10. The van der Waals surface area contributed by atoms with Crippen molar-refractivity contribution in [2.75, 3.05) is 23.4 Å². The van der Waals surface area contributed by atoms with Crippen LogP contribution in [0.2, 0.25) is 0 Å². The molecule has 7 nitrogen and oxygen atoms in total. The van der Waals surface area contributed by atoms with Gasteiger partial charge in [-0.15, -0.1) is 0 Å². The van der Waals surface area contributed by atoms with Crippen LogP contribution in [0.1, 0.15) is 15.9 Å². The maximum atomic E-state index is 12.6. The number of rotatable bonds is 6. The van der Waals surface area contributed by atoms with Crippen LogP contribution >= 0.6 is 0 Å². The van der Waals surface area contributed by atoms with Gasteiger partial charge in [0.25, 0.3) is 5.91 Å². The van der Waals surface area contributed by atoms with Gasteiger partial charge in [-0.25, -0.2) is 4.79 Å². The zero-order valence-corrected chi connectivity index (χ0v) is 16.6. The molecule has 0 spiro atoms. The minimum Gasteiger partial charge on any atom is -0.489 e. The molecule has 0 radical (unpaired) electrons. The first-order valence-corrected chi connectivity index (χ1v) is 9.73. The van der Waals surface area contributed by atoms with E-state index in [4.69, 9.17) is 9.47 Å². The van der Waals surface area contributed by atoms with Gasteiger partial charge in [0.2, 0.25) is 5.91 Å². The standard InChI is InChI=1S/C24H20N2O5/c27-22-14-26(21-9-5-4-8-20(21)25-22)23(28)16-31-24(29)18-10-12-19(13-11-18)30-15-17-6-2-1-3-7-17/h1-13H,14-16H2,(H,25,27). The number of esters is 1. The summed E-state index contributed by atoms with van der Waals surface area (Å²) < 4.78 is 10.9. The van der Waals surface area contributed by atoms with Crippen LogP contribution in [-0.2, 0) is 20.9 Å². The molecule has 0 saturated heterocycles. The summed E-state index contributed by atoms with van der Waals surface area (Å²) in [6, 6.07) is 23.2. The van der Waals surface area contributed by atoms with Crippen LogP contribution in [0.15, 0.2) is 78.9 Å². The van der Waals surface area contributed by atoms with Crippen LogP contribution in [0.4, 0.5) is 11.4 Å². The molecule has 0 bridgehead atoms. The first-order valence-electron chi connectivity index (χ1n) is 9.73. The van der Waals surface area contributed by atoms with E-state index in [1.165, 1.54) is 4.90 Å². The van der Waals surface area contributed by atoms with Gasteiger partial charge in [-0.2, -0.15) is 0 Å². The molecule has 0 aliphatic carbocycles. The number of hydrogen-bond donors (Lipinski definition) is 1. The number of benzene rings is 3. The molecule has 0 atom stereocenters. The molecule has 2 amide bonds. The zero-order chi connectivity index (χ0) is 21.6. The predicted molar refractivity (Wildman–Crippen MR) is 115 cm³/mol. The summed E-state index contributed by atoms with van der Waals surface area (Å²) in [6.07, 6.45) is 0. The normalized spacial score (nSPS) is 12.5. The van der Waals surface area contributed by atoms with Crippen molar-refractivity contribution in [3.63, 3.8) is 0 Å². The van der Waals surface area contributed by atoms with E-state index in [1.807, 2.05) is 30.3 Å². The molecule has 0 unspecified atom stereocenters. The maximum absolute atomic E-state index is 12.6. The molecule has 1 aliphatic rings. The summed E-state index contributed by atoms with van der Waals surface area (Å²) in [5.41, 5.74) is 2.46. The average Bonchev–Trinajstić information content (AvgIpc) is 2.81. The second-order valence-corrected chi connectivity index (χ2v) is 6.92. The molecule has 4 rings (SSSR count). The number of para-hydroxylation sites is 2. The van der Waals surface area contributed by atoms with Crippen molar-refractivity contribution in [3.8, 4) is 5.75 Å². The summed E-state index contributed by atoms with van der Waals surface area (Å²) in [4.78, 5) is 38.0. The molecule has 156 valence electrons. The molecular formula is C24H20N2O5. The predicted octanol–water partition coefficient (Wildman–Crippen LogP) is 3.41. The lowest BCUT2D eigenvalue weighted by Crippen LogP contribution is -2.44. The molecule has 31 heavy (non-hydrogen) atoms. The number of amides is 2. The summed E-state index contributed by atoms with van der Waals surface area (Å²) in [7, 11) is 0. The number of nitrogens with zero attached hydrogens (tertiary/aromatic N) is 1. The number of nitrogens with one attached hydrogen (secondary N) is 1. The Morgan fingerprint density at radius 2 is 1.61 bits per heavy atom. The van der Waals surface area contributed by atoms with Crippen LogP contribution in [0, 0.1) is 0 Å². The van der Waals surface area contributed by atoms with Gasteiger partial charge in [-0.1, -0.05) is 42.5 Å².